The van der Waals surface area contributed by atoms with Crippen molar-refractivity contribution in [3.63, 3.8) is 0 Å². The van der Waals surface area contributed by atoms with Gasteiger partial charge in [-0.15, -0.1) is 0 Å². The summed E-state index contributed by atoms with van der Waals surface area (Å²) in [5.41, 5.74) is 3.09. The highest BCUT2D eigenvalue weighted by molar-refractivity contribution is 6.46. The van der Waals surface area contributed by atoms with Crippen LogP contribution in [0.15, 0.2) is 78.4 Å². The van der Waals surface area contributed by atoms with Crippen LogP contribution in [0.5, 0.6) is 11.5 Å². The number of hydrogen-bond acceptors (Lipinski definition) is 5. The van der Waals surface area contributed by atoms with Gasteiger partial charge in [0.05, 0.1) is 25.3 Å². The molecular weight excluding hydrogens is 466 g/mol. The van der Waals surface area contributed by atoms with Crippen LogP contribution in [0.25, 0.3) is 5.76 Å². The van der Waals surface area contributed by atoms with Crippen LogP contribution < -0.4 is 9.47 Å². The molecule has 1 saturated heterocycles. The van der Waals surface area contributed by atoms with Crippen molar-refractivity contribution in [1.29, 1.82) is 0 Å². The van der Waals surface area contributed by atoms with Crippen molar-refractivity contribution in [2.45, 2.75) is 39.8 Å². The van der Waals surface area contributed by atoms with Crippen LogP contribution in [0.1, 0.15) is 48.6 Å². The number of Topliss-reactive ketones (excluding diaryl/α,β-unsaturated/α-hetero) is 1. The van der Waals surface area contributed by atoms with E-state index in [1.165, 1.54) is 4.90 Å². The molecule has 6 nitrogen and oxygen atoms in total. The van der Waals surface area contributed by atoms with Gasteiger partial charge in [-0.3, -0.25) is 9.59 Å². The van der Waals surface area contributed by atoms with Crippen molar-refractivity contribution in [1.82, 2.24) is 4.90 Å². The molecule has 0 aromatic heterocycles. The summed E-state index contributed by atoms with van der Waals surface area (Å²) in [4.78, 5) is 28.1. The van der Waals surface area contributed by atoms with Crippen LogP contribution in [-0.2, 0) is 16.1 Å². The lowest BCUT2D eigenvalue weighted by molar-refractivity contribution is -0.140. The fraction of sp³-hybridized carbons (Fsp3) is 0.290. The number of aryl methyl sites for hydroxylation is 1. The summed E-state index contributed by atoms with van der Waals surface area (Å²) < 4.78 is 11.6. The molecule has 3 aromatic carbocycles. The summed E-state index contributed by atoms with van der Waals surface area (Å²) >= 11 is 0. The van der Waals surface area contributed by atoms with Gasteiger partial charge in [0.1, 0.15) is 5.76 Å². The lowest BCUT2D eigenvalue weighted by atomic mass is 9.94. The van der Waals surface area contributed by atoms with E-state index < -0.39 is 17.7 Å². The molecule has 1 aliphatic heterocycles. The number of carbonyl (C=O) groups excluding carboxylic acids is 2. The summed E-state index contributed by atoms with van der Waals surface area (Å²) in [7, 11) is 1.56. The smallest absolute Gasteiger partial charge is 0.295 e. The van der Waals surface area contributed by atoms with Crippen LogP contribution in [0.3, 0.4) is 0 Å². The number of nitrogens with zero attached hydrogens (tertiary/aromatic N) is 1. The quantitative estimate of drug-likeness (QED) is 0.220. The van der Waals surface area contributed by atoms with Crippen molar-refractivity contribution in [2.75, 3.05) is 13.7 Å². The van der Waals surface area contributed by atoms with Crippen LogP contribution in [0, 0.1) is 12.8 Å². The third kappa shape index (κ3) is 5.69. The fourth-order valence-corrected chi connectivity index (χ4v) is 4.41. The highest BCUT2D eigenvalue weighted by atomic mass is 16.5. The number of hydrogen-bond donors (Lipinski definition) is 1. The Kier molecular flexibility index (Phi) is 7.97. The Morgan fingerprint density at radius 3 is 2.32 bits per heavy atom. The molecule has 37 heavy (non-hydrogen) atoms. The normalized spacial score (nSPS) is 16.9. The largest absolute Gasteiger partial charge is 0.507 e. The number of aliphatic hydroxyl groups is 1. The summed E-state index contributed by atoms with van der Waals surface area (Å²) in [6.45, 7) is 6.98. The topological polar surface area (TPSA) is 76.1 Å². The van der Waals surface area contributed by atoms with Gasteiger partial charge in [0.2, 0.25) is 0 Å². The SMILES string of the molecule is COc1cc(C2/C(=C(\O)c3ccc(C)cc3)C(=O)C(=O)N2Cc2ccccc2)ccc1OCCC(C)C. The summed E-state index contributed by atoms with van der Waals surface area (Å²) in [6.07, 6.45) is 0.901. The lowest BCUT2D eigenvalue weighted by Gasteiger charge is -2.26. The van der Waals surface area contributed by atoms with E-state index in [9.17, 15) is 14.7 Å². The number of aliphatic hydroxyl groups excluding tert-OH is 1. The Morgan fingerprint density at radius 1 is 0.973 bits per heavy atom. The third-order valence-corrected chi connectivity index (χ3v) is 6.52. The number of benzene rings is 3. The van der Waals surface area contributed by atoms with Gasteiger partial charge in [-0.05, 0) is 42.5 Å². The monoisotopic (exact) mass is 499 g/mol. The summed E-state index contributed by atoms with van der Waals surface area (Å²) in [5, 5.41) is 11.3. The first kappa shape index (κ1) is 26.0. The predicted octanol–water partition coefficient (Wildman–Crippen LogP) is 6.05. The van der Waals surface area contributed by atoms with Gasteiger partial charge in [-0.25, -0.2) is 0 Å². The average molecular weight is 500 g/mol. The minimum Gasteiger partial charge on any atom is -0.507 e. The van der Waals surface area contributed by atoms with E-state index >= 15 is 0 Å². The van der Waals surface area contributed by atoms with Crippen molar-refractivity contribution >= 4 is 17.4 Å². The molecule has 0 bridgehead atoms. The number of rotatable bonds is 9. The second kappa shape index (κ2) is 11.3. The average Bonchev–Trinajstić information content (AvgIpc) is 3.14. The van der Waals surface area contributed by atoms with Gasteiger partial charge in [0, 0.05) is 12.1 Å². The molecular formula is C31H33NO5. The van der Waals surface area contributed by atoms with E-state index in [4.69, 9.17) is 9.47 Å². The van der Waals surface area contributed by atoms with Gasteiger partial charge in [0.15, 0.2) is 11.5 Å². The van der Waals surface area contributed by atoms with Crippen LogP contribution in [-0.4, -0.2) is 35.4 Å². The Balaban J connectivity index is 1.80. The third-order valence-electron chi connectivity index (χ3n) is 6.52. The Hall–Kier alpha value is -4.06. The predicted molar refractivity (Wildman–Crippen MR) is 143 cm³/mol. The summed E-state index contributed by atoms with van der Waals surface area (Å²) in [6, 6.07) is 21.3. The van der Waals surface area contributed by atoms with Crippen LogP contribution in [0.4, 0.5) is 0 Å². The number of amides is 1. The molecule has 192 valence electrons. The zero-order chi connectivity index (χ0) is 26.5. The number of methoxy groups -OCH3 is 1. The van der Waals surface area contributed by atoms with Gasteiger partial charge < -0.3 is 19.5 Å². The van der Waals surface area contributed by atoms with E-state index in [2.05, 4.69) is 13.8 Å². The van der Waals surface area contributed by atoms with E-state index in [0.29, 0.717) is 35.2 Å². The maximum atomic E-state index is 13.3. The fourth-order valence-electron chi connectivity index (χ4n) is 4.41. The van der Waals surface area contributed by atoms with Crippen LogP contribution >= 0.6 is 0 Å². The molecule has 6 heteroatoms. The van der Waals surface area contributed by atoms with E-state index in [0.717, 1.165) is 17.5 Å². The lowest BCUT2D eigenvalue weighted by Crippen LogP contribution is -2.29. The zero-order valence-electron chi connectivity index (χ0n) is 21.7. The number of ketones is 1. The van der Waals surface area contributed by atoms with E-state index in [-0.39, 0.29) is 17.9 Å². The Labute approximate surface area is 218 Å². The van der Waals surface area contributed by atoms with Crippen molar-refractivity contribution in [3.05, 3.63) is 101 Å². The van der Waals surface area contributed by atoms with Crippen molar-refractivity contribution in [2.24, 2.45) is 5.92 Å². The van der Waals surface area contributed by atoms with Crippen molar-refractivity contribution in [3.8, 4) is 11.5 Å². The maximum Gasteiger partial charge on any atom is 0.295 e. The first-order valence-corrected chi connectivity index (χ1v) is 12.5. The van der Waals surface area contributed by atoms with E-state index in [1.807, 2.05) is 55.5 Å². The van der Waals surface area contributed by atoms with Crippen LogP contribution in [0.2, 0.25) is 0 Å². The number of carbonyl (C=O) groups is 2. The van der Waals surface area contributed by atoms with Gasteiger partial charge in [-0.2, -0.15) is 0 Å². The molecule has 1 fully saturated rings. The second-order valence-corrected chi connectivity index (χ2v) is 9.72. The molecule has 0 spiro atoms. The Bertz CT molecular complexity index is 1290. The minimum atomic E-state index is -0.792. The maximum absolute atomic E-state index is 13.3. The Morgan fingerprint density at radius 2 is 1.68 bits per heavy atom. The molecule has 1 unspecified atom stereocenters. The molecule has 0 saturated carbocycles. The van der Waals surface area contributed by atoms with Crippen molar-refractivity contribution < 1.29 is 24.2 Å². The molecule has 0 radical (unpaired) electrons. The van der Waals surface area contributed by atoms with Gasteiger partial charge in [-0.1, -0.05) is 80.1 Å². The first-order valence-electron chi connectivity index (χ1n) is 12.5. The highest BCUT2D eigenvalue weighted by Gasteiger charge is 2.46. The molecule has 0 aliphatic carbocycles. The number of likely N-dealkylation sites (tertiary alicyclic amines) is 1. The highest BCUT2D eigenvalue weighted by Crippen LogP contribution is 2.42. The molecule has 1 N–H and O–H groups in total. The second-order valence-electron chi connectivity index (χ2n) is 9.72. The van der Waals surface area contributed by atoms with Gasteiger partial charge in [0.25, 0.3) is 11.7 Å². The number of ether oxygens (including phenoxy) is 2. The minimum absolute atomic E-state index is 0.0558. The molecule has 1 aliphatic rings. The van der Waals surface area contributed by atoms with Gasteiger partial charge >= 0.3 is 0 Å². The molecule has 1 amide bonds. The standard InChI is InChI=1S/C31H33NO5/c1-20(2)16-17-37-25-15-14-24(18-26(25)36-4)28-27(29(33)23-12-10-21(3)11-13-23)30(34)31(35)32(28)19-22-8-6-5-7-9-22/h5-15,18,20,28,33H,16-17,19H2,1-4H3/b29-27+. The van der Waals surface area contributed by atoms with E-state index in [1.54, 1.807) is 31.4 Å². The molecule has 1 heterocycles. The zero-order valence-corrected chi connectivity index (χ0v) is 21.7. The molecule has 4 rings (SSSR count). The first-order chi connectivity index (χ1) is 17.8. The molecule has 1 atom stereocenters. The summed E-state index contributed by atoms with van der Waals surface area (Å²) in [5.74, 6) is 0.0289. The molecule has 3 aromatic rings.